The molecule has 0 radical (unpaired) electrons. The fraction of sp³-hybridized carbons (Fsp3) is 0.550. The summed E-state index contributed by atoms with van der Waals surface area (Å²) in [4.78, 5) is 5.65. The third kappa shape index (κ3) is 5.19. The van der Waals surface area contributed by atoms with Gasteiger partial charge in [0.1, 0.15) is 6.10 Å². The van der Waals surface area contributed by atoms with Gasteiger partial charge in [-0.25, -0.2) is 0 Å². The van der Waals surface area contributed by atoms with E-state index in [0.29, 0.717) is 32.3 Å². The van der Waals surface area contributed by atoms with Gasteiger partial charge in [-0.2, -0.15) is 0 Å². The Kier molecular flexibility index (Phi) is 7.07. The van der Waals surface area contributed by atoms with Gasteiger partial charge in [0.25, 0.3) is 0 Å². The van der Waals surface area contributed by atoms with Crippen molar-refractivity contribution in [2.45, 2.75) is 31.5 Å². The van der Waals surface area contributed by atoms with Crippen LogP contribution in [-0.2, 0) is 9.47 Å². The van der Waals surface area contributed by atoms with E-state index in [9.17, 15) is 5.11 Å². The van der Waals surface area contributed by atoms with Crippen molar-refractivity contribution in [2.24, 2.45) is 4.99 Å². The summed E-state index contributed by atoms with van der Waals surface area (Å²) in [6.07, 6.45) is 1.11. The highest BCUT2D eigenvalue weighted by Gasteiger charge is 2.32. The van der Waals surface area contributed by atoms with E-state index in [2.05, 4.69) is 28.8 Å². The van der Waals surface area contributed by atoms with Crippen molar-refractivity contribution in [3.8, 4) is 0 Å². The van der Waals surface area contributed by atoms with Crippen molar-refractivity contribution in [1.29, 1.82) is 0 Å². The van der Waals surface area contributed by atoms with Gasteiger partial charge in [0.05, 0.1) is 12.1 Å². The molecular formula is C20H29N3O3S. The maximum absolute atomic E-state index is 10.6. The normalized spacial score (nSPS) is 18.4. The number of guanidine groups is 1. The van der Waals surface area contributed by atoms with Gasteiger partial charge in [0.15, 0.2) is 5.96 Å². The average Bonchev–Trinajstić information content (AvgIpc) is 3.15. The molecule has 0 saturated carbocycles. The number of thiophene rings is 1. The average molecular weight is 392 g/mol. The van der Waals surface area contributed by atoms with E-state index in [0.717, 1.165) is 24.3 Å². The first-order valence-corrected chi connectivity index (χ1v) is 10.3. The summed E-state index contributed by atoms with van der Waals surface area (Å²) in [6, 6.07) is 10.2. The summed E-state index contributed by atoms with van der Waals surface area (Å²) in [7, 11) is 1.74. The standard InChI is InChI=1S/C20H29N3O3S/c1-3-21-19(23-14-20(25-2)8-10-26-11-9-20)22-13-16(24)18-12-15-6-4-5-7-17(15)27-18/h4-7,12,16,24H,3,8-11,13-14H2,1-2H3,(H2,21,22,23). The monoisotopic (exact) mass is 391 g/mol. The molecular weight excluding hydrogens is 362 g/mol. The van der Waals surface area contributed by atoms with E-state index in [1.807, 2.05) is 19.1 Å². The van der Waals surface area contributed by atoms with Crippen LogP contribution in [0.15, 0.2) is 35.3 Å². The molecule has 2 heterocycles. The minimum atomic E-state index is -0.578. The molecule has 6 nitrogen and oxygen atoms in total. The van der Waals surface area contributed by atoms with E-state index in [4.69, 9.17) is 14.5 Å². The molecule has 1 unspecified atom stereocenters. The van der Waals surface area contributed by atoms with Gasteiger partial charge < -0.3 is 25.2 Å². The van der Waals surface area contributed by atoms with Crippen LogP contribution < -0.4 is 10.6 Å². The summed E-state index contributed by atoms with van der Waals surface area (Å²) in [6.45, 7) is 5.17. The van der Waals surface area contributed by atoms with Gasteiger partial charge >= 0.3 is 0 Å². The molecule has 3 N–H and O–H groups in total. The van der Waals surface area contributed by atoms with Gasteiger partial charge in [-0.15, -0.1) is 11.3 Å². The largest absolute Gasteiger partial charge is 0.386 e. The van der Waals surface area contributed by atoms with E-state index in [-0.39, 0.29) is 5.60 Å². The van der Waals surface area contributed by atoms with Crippen molar-refractivity contribution in [3.63, 3.8) is 0 Å². The first kappa shape index (κ1) is 20.1. The molecule has 148 valence electrons. The van der Waals surface area contributed by atoms with Gasteiger partial charge in [0, 0.05) is 55.8 Å². The van der Waals surface area contributed by atoms with Crippen molar-refractivity contribution >= 4 is 27.4 Å². The molecule has 1 aliphatic rings. The molecule has 7 heteroatoms. The van der Waals surface area contributed by atoms with Gasteiger partial charge in [-0.05, 0) is 24.4 Å². The van der Waals surface area contributed by atoms with E-state index in [1.54, 1.807) is 18.4 Å². The van der Waals surface area contributed by atoms with Gasteiger partial charge in [-0.1, -0.05) is 18.2 Å². The van der Waals surface area contributed by atoms with Crippen LogP contribution in [0.4, 0.5) is 0 Å². The first-order valence-electron chi connectivity index (χ1n) is 9.47. The minimum Gasteiger partial charge on any atom is -0.386 e. The molecule has 2 aromatic rings. The summed E-state index contributed by atoms with van der Waals surface area (Å²) < 4.78 is 12.4. The third-order valence-corrected chi connectivity index (χ3v) is 6.16. The lowest BCUT2D eigenvalue weighted by Gasteiger charge is -2.34. The van der Waals surface area contributed by atoms with Crippen LogP contribution in [0.5, 0.6) is 0 Å². The summed E-state index contributed by atoms with van der Waals surface area (Å²) in [5.74, 6) is 0.695. The lowest BCUT2D eigenvalue weighted by Crippen LogP contribution is -2.44. The van der Waals surface area contributed by atoms with Crippen LogP contribution in [0.3, 0.4) is 0 Å². The zero-order chi connectivity index (χ0) is 19.1. The van der Waals surface area contributed by atoms with Crippen molar-refractivity contribution in [2.75, 3.05) is 40.0 Å². The highest BCUT2D eigenvalue weighted by atomic mass is 32.1. The molecule has 0 spiro atoms. The Morgan fingerprint density at radius 1 is 1.33 bits per heavy atom. The summed E-state index contributed by atoms with van der Waals surface area (Å²) in [5.41, 5.74) is -0.259. The lowest BCUT2D eigenvalue weighted by atomic mass is 9.94. The maximum atomic E-state index is 10.6. The summed E-state index contributed by atoms with van der Waals surface area (Å²) in [5, 5.41) is 18.2. The molecule has 0 bridgehead atoms. The summed E-state index contributed by atoms with van der Waals surface area (Å²) >= 11 is 1.63. The van der Waals surface area contributed by atoms with Crippen LogP contribution in [0.2, 0.25) is 0 Å². The van der Waals surface area contributed by atoms with E-state index < -0.39 is 6.10 Å². The van der Waals surface area contributed by atoms with Crippen molar-refractivity contribution in [1.82, 2.24) is 10.6 Å². The Balaban J connectivity index is 1.61. The quantitative estimate of drug-likeness (QED) is 0.500. The fourth-order valence-corrected chi connectivity index (χ4v) is 4.25. The number of methoxy groups -OCH3 is 1. The second-order valence-corrected chi connectivity index (χ2v) is 7.89. The van der Waals surface area contributed by atoms with E-state index >= 15 is 0 Å². The van der Waals surface area contributed by atoms with Crippen LogP contribution in [0, 0.1) is 0 Å². The topological polar surface area (TPSA) is 75.1 Å². The Labute approximate surface area is 164 Å². The number of benzene rings is 1. The Hall–Kier alpha value is -1.67. The minimum absolute atomic E-state index is 0.259. The van der Waals surface area contributed by atoms with Gasteiger partial charge in [-0.3, -0.25) is 4.99 Å². The molecule has 0 amide bonds. The molecule has 0 aliphatic carbocycles. The number of rotatable bonds is 7. The molecule has 1 atom stereocenters. The number of aliphatic hydroxyl groups excluding tert-OH is 1. The zero-order valence-electron chi connectivity index (χ0n) is 16.0. The SMILES string of the molecule is CCNC(=NCC1(OC)CCOCC1)NCC(O)c1cc2ccccc2s1. The Bertz CT molecular complexity index is 723. The number of ether oxygens (including phenoxy) is 2. The number of nitrogens with zero attached hydrogens (tertiary/aromatic N) is 1. The lowest BCUT2D eigenvalue weighted by molar-refractivity contribution is -0.0828. The molecule has 1 aromatic heterocycles. The highest BCUT2D eigenvalue weighted by Crippen LogP contribution is 2.29. The van der Waals surface area contributed by atoms with Gasteiger partial charge in [0.2, 0.25) is 0 Å². The smallest absolute Gasteiger partial charge is 0.191 e. The second-order valence-electron chi connectivity index (χ2n) is 6.78. The van der Waals surface area contributed by atoms with Crippen molar-refractivity contribution in [3.05, 3.63) is 35.2 Å². The molecule has 27 heavy (non-hydrogen) atoms. The van der Waals surface area contributed by atoms with Crippen LogP contribution in [0.25, 0.3) is 10.1 Å². The molecule has 1 aliphatic heterocycles. The van der Waals surface area contributed by atoms with Crippen LogP contribution >= 0.6 is 11.3 Å². The molecule has 1 aromatic carbocycles. The number of nitrogens with one attached hydrogen (secondary N) is 2. The number of aliphatic imine (C=N–C) groups is 1. The predicted molar refractivity (Wildman–Crippen MR) is 111 cm³/mol. The first-order chi connectivity index (χ1) is 13.2. The Morgan fingerprint density at radius 2 is 2.11 bits per heavy atom. The molecule has 3 rings (SSSR count). The third-order valence-electron chi connectivity index (χ3n) is 4.94. The highest BCUT2D eigenvalue weighted by molar-refractivity contribution is 7.19. The molecule has 1 fully saturated rings. The number of fused-ring (bicyclic) bond motifs is 1. The van der Waals surface area contributed by atoms with E-state index in [1.165, 1.54) is 10.1 Å². The molecule has 1 saturated heterocycles. The second kappa shape index (κ2) is 9.50. The maximum Gasteiger partial charge on any atom is 0.191 e. The number of hydrogen-bond donors (Lipinski definition) is 3. The predicted octanol–water partition coefficient (Wildman–Crippen LogP) is 2.69. The fourth-order valence-electron chi connectivity index (χ4n) is 3.20. The number of hydrogen-bond acceptors (Lipinski definition) is 5. The zero-order valence-corrected chi connectivity index (χ0v) is 16.8. The Morgan fingerprint density at radius 3 is 2.81 bits per heavy atom. The van der Waals surface area contributed by atoms with Crippen LogP contribution in [0.1, 0.15) is 30.7 Å². The van der Waals surface area contributed by atoms with Crippen molar-refractivity contribution < 1.29 is 14.6 Å². The van der Waals surface area contributed by atoms with Crippen LogP contribution in [-0.4, -0.2) is 56.6 Å². The number of aliphatic hydroxyl groups is 1.